The number of ether oxygens (including phenoxy) is 1. The summed E-state index contributed by atoms with van der Waals surface area (Å²) in [5.74, 6) is -0.440. The van der Waals surface area contributed by atoms with Crippen molar-refractivity contribution < 1.29 is 9.53 Å². The third-order valence-electron chi connectivity index (χ3n) is 2.14. The Balaban J connectivity index is 2.55. The lowest BCUT2D eigenvalue weighted by molar-refractivity contribution is 0.0601. The van der Waals surface area contributed by atoms with Gasteiger partial charge in [0.1, 0.15) is 10.0 Å². The van der Waals surface area contributed by atoms with Crippen LogP contribution in [0.2, 0.25) is 0 Å². The molecule has 2 N–H and O–H groups in total. The molecule has 6 nitrogen and oxygen atoms in total. The molecular formula is C9H10N4O2S. The molecule has 16 heavy (non-hydrogen) atoms. The first kappa shape index (κ1) is 10.6. The monoisotopic (exact) mass is 238 g/mol. The van der Waals surface area contributed by atoms with Crippen molar-refractivity contribution in [3.8, 4) is 5.00 Å². The van der Waals surface area contributed by atoms with Crippen molar-refractivity contribution in [2.75, 3.05) is 12.8 Å². The molecule has 2 heterocycles. The second-order valence-electron chi connectivity index (χ2n) is 3.08. The summed E-state index contributed by atoms with van der Waals surface area (Å²) in [7, 11) is 1.32. The van der Waals surface area contributed by atoms with Gasteiger partial charge < -0.3 is 10.5 Å². The maximum absolute atomic E-state index is 11.5. The molecule has 0 bridgehead atoms. The number of methoxy groups -OCH3 is 1. The van der Waals surface area contributed by atoms with Gasteiger partial charge in [-0.2, -0.15) is 10.2 Å². The summed E-state index contributed by atoms with van der Waals surface area (Å²) in [5, 5.41) is 9.13. The summed E-state index contributed by atoms with van der Waals surface area (Å²) < 4.78 is 4.67. The molecule has 0 saturated carbocycles. The van der Waals surface area contributed by atoms with Crippen LogP contribution >= 0.6 is 11.3 Å². The fourth-order valence-electron chi connectivity index (χ4n) is 1.39. The summed E-state index contributed by atoms with van der Waals surface area (Å²) >= 11 is 1.26. The van der Waals surface area contributed by atoms with Crippen molar-refractivity contribution in [1.82, 2.24) is 15.0 Å². The van der Waals surface area contributed by atoms with Crippen LogP contribution in [0.25, 0.3) is 5.00 Å². The van der Waals surface area contributed by atoms with Crippen molar-refractivity contribution in [3.63, 3.8) is 0 Å². The van der Waals surface area contributed by atoms with Crippen LogP contribution in [0.4, 0.5) is 5.00 Å². The van der Waals surface area contributed by atoms with Gasteiger partial charge in [-0.1, -0.05) is 11.3 Å². The number of rotatable bonds is 2. The van der Waals surface area contributed by atoms with Crippen molar-refractivity contribution in [3.05, 3.63) is 23.5 Å². The Labute approximate surface area is 95.6 Å². The predicted octanol–water partition coefficient (Wildman–Crippen LogP) is 1.01. The second kappa shape index (κ2) is 3.93. The lowest BCUT2D eigenvalue weighted by Crippen LogP contribution is -2.05. The Bertz CT molecular complexity index is 518. The number of nitrogens with two attached hydrogens (primary N) is 1. The van der Waals surface area contributed by atoms with E-state index in [-0.39, 0.29) is 0 Å². The molecule has 0 aliphatic rings. The first-order valence-corrected chi connectivity index (χ1v) is 5.30. The molecule has 7 heteroatoms. The van der Waals surface area contributed by atoms with E-state index in [4.69, 9.17) is 5.73 Å². The normalized spacial score (nSPS) is 10.4. The number of anilines is 1. The zero-order valence-electron chi connectivity index (χ0n) is 8.80. The van der Waals surface area contributed by atoms with Crippen LogP contribution in [-0.4, -0.2) is 28.1 Å². The van der Waals surface area contributed by atoms with Crippen LogP contribution in [0.15, 0.2) is 12.4 Å². The van der Waals surface area contributed by atoms with Gasteiger partial charge in [-0.15, -0.1) is 4.80 Å². The maximum atomic E-state index is 11.5. The summed E-state index contributed by atoms with van der Waals surface area (Å²) in [5.41, 5.74) is 6.89. The average molecular weight is 238 g/mol. The molecule has 0 fully saturated rings. The van der Waals surface area contributed by atoms with Gasteiger partial charge in [0.15, 0.2) is 0 Å². The average Bonchev–Trinajstić information content (AvgIpc) is 2.86. The van der Waals surface area contributed by atoms with Crippen LogP contribution in [0, 0.1) is 6.92 Å². The highest BCUT2D eigenvalue weighted by Crippen LogP contribution is 2.32. The lowest BCUT2D eigenvalue weighted by Gasteiger charge is -1.99. The van der Waals surface area contributed by atoms with Crippen molar-refractivity contribution in [1.29, 1.82) is 0 Å². The minimum absolute atomic E-state index is 0.389. The highest BCUT2D eigenvalue weighted by molar-refractivity contribution is 7.19. The molecule has 0 radical (unpaired) electrons. The number of nitrogen functional groups attached to an aromatic ring is 1. The smallest absolute Gasteiger partial charge is 0.341 e. The zero-order valence-corrected chi connectivity index (χ0v) is 9.61. The van der Waals surface area contributed by atoms with Gasteiger partial charge in [-0.25, -0.2) is 4.79 Å². The molecule has 0 unspecified atom stereocenters. The molecule has 0 spiro atoms. The SMILES string of the molecule is COC(=O)c1c(N)sc(-n2nccn2)c1C. The van der Waals surface area contributed by atoms with E-state index < -0.39 is 5.97 Å². The molecule has 2 aromatic heterocycles. The van der Waals surface area contributed by atoms with E-state index in [0.29, 0.717) is 10.6 Å². The zero-order chi connectivity index (χ0) is 11.7. The van der Waals surface area contributed by atoms with E-state index in [2.05, 4.69) is 14.9 Å². The van der Waals surface area contributed by atoms with Gasteiger partial charge in [0, 0.05) is 5.56 Å². The molecule has 0 amide bonds. The Morgan fingerprint density at radius 2 is 2.12 bits per heavy atom. The Kier molecular flexibility index (Phi) is 2.61. The van der Waals surface area contributed by atoms with Gasteiger partial charge in [-0.3, -0.25) is 0 Å². The number of carbonyl (C=O) groups is 1. The highest BCUT2D eigenvalue weighted by atomic mass is 32.1. The largest absolute Gasteiger partial charge is 0.465 e. The lowest BCUT2D eigenvalue weighted by atomic mass is 10.2. The molecule has 0 aromatic carbocycles. The number of thiophene rings is 1. The van der Waals surface area contributed by atoms with Crippen molar-refractivity contribution >= 4 is 22.3 Å². The minimum Gasteiger partial charge on any atom is -0.465 e. The van der Waals surface area contributed by atoms with Gasteiger partial charge in [0.05, 0.1) is 25.1 Å². The molecule has 2 rings (SSSR count). The predicted molar refractivity (Wildman–Crippen MR) is 59.7 cm³/mol. The van der Waals surface area contributed by atoms with E-state index in [1.165, 1.54) is 23.2 Å². The summed E-state index contributed by atoms with van der Waals surface area (Å²) in [6.07, 6.45) is 3.13. The Morgan fingerprint density at radius 1 is 1.50 bits per heavy atom. The molecule has 0 aliphatic carbocycles. The fourth-order valence-corrected chi connectivity index (χ4v) is 2.37. The third-order valence-corrected chi connectivity index (χ3v) is 3.23. The number of aromatic nitrogens is 3. The fraction of sp³-hybridized carbons (Fsp3) is 0.222. The first-order chi connectivity index (χ1) is 7.65. The molecule has 0 atom stereocenters. The molecular weight excluding hydrogens is 228 g/mol. The first-order valence-electron chi connectivity index (χ1n) is 4.49. The molecule has 0 saturated heterocycles. The van der Waals surface area contributed by atoms with Gasteiger partial charge in [-0.05, 0) is 6.92 Å². The topological polar surface area (TPSA) is 83.0 Å². The highest BCUT2D eigenvalue weighted by Gasteiger charge is 2.21. The molecule has 0 aliphatic heterocycles. The number of esters is 1. The number of hydrogen-bond donors (Lipinski definition) is 1. The third kappa shape index (κ3) is 1.54. The van der Waals surface area contributed by atoms with Gasteiger partial charge in [0.25, 0.3) is 0 Å². The van der Waals surface area contributed by atoms with E-state index in [0.717, 1.165) is 10.6 Å². The van der Waals surface area contributed by atoms with Crippen LogP contribution in [-0.2, 0) is 4.74 Å². The molecule has 2 aromatic rings. The summed E-state index contributed by atoms with van der Waals surface area (Å²) in [6, 6.07) is 0. The number of nitrogens with zero attached hydrogens (tertiary/aromatic N) is 3. The van der Waals surface area contributed by atoms with Crippen LogP contribution < -0.4 is 5.73 Å². The minimum atomic E-state index is -0.440. The standard InChI is InChI=1S/C9H10N4O2S/c1-5-6(9(14)15-2)7(10)16-8(5)13-11-3-4-12-13/h3-4H,10H2,1-2H3. The van der Waals surface area contributed by atoms with Gasteiger partial charge in [0.2, 0.25) is 0 Å². The van der Waals surface area contributed by atoms with Crippen LogP contribution in [0.3, 0.4) is 0 Å². The summed E-state index contributed by atoms with van der Waals surface area (Å²) in [4.78, 5) is 12.9. The van der Waals surface area contributed by atoms with Crippen LogP contribution in [0.5, 0.6) is 0 Å². The maximum Gasteiger partial charge on any atom is 0.341 e. The second-order valence-corrected chi connectivity index (χ2v) is 4.11. The van der Waals surface area contributed by atoms with Crippen LogP contribution in [0.1, 0.15) is 15.9 Å². The van der Waals surface area contributed by atoms with E-state index in [1.54, 1.807) is 19.3 Å². The Morgan fingerprint density at radius 3 is 2.69 bits per heavy atom. The summed E-state index contributed by atoms with van der Waals surface area (Å²) in [6.45, 7) is 1.79. The molecule has 84 valence electrons. The number of hydrogen-bond acceptors (Lipinski definition) is 6. The number of carbonyl (C=O) groups excluding carboxylic acids is 1. The van der Waals surface area contributed by atoms with Crippen molar-refractivity contribution in [2.24, 2.45) is 0 Å². The van der Waals surface area contributed by atoms with E-state index >= 15 is 0 Å². The quantitative estimate of drug-likeness (QED) is 0.789. The van der Waals surface area contributed by atoms with E-state index in [9.17, 15) is 4.79 Å². The van der Waals surface area contributed by atoms with Crippen molar-refractivity contribution in [2.45, 2.75) is 6.92 Å². The van der Waals surface area contributed by atoms with E-state index in [1.807, 2.05) is 0 Å². The Hall–Kier alpha value is -1.89. The van der Waals surface area contributed by atoms with Gasteiger partial charge >= 0.3 is 5.97 Å².